The number of benzene rings is 1. The van der Waals surface area contributed by atoms with Gasteiger partial charge in [0.1, 0.15) is 5.52 Å². The fourth-order valence-corrected chi connectivity index (χ4v) is 1.55. The normalized spacial score (nSPS) is 11.1. The molecule has 1 aromatic carbocycles. The summed E-state index contributed by atoms with van der Waals surface area (Å²) in [5.41, 5.74) is 6.70. The maximum Gasteiger partial charge on any atom is 0.201 e. The van der Waals surface area contributed by atoms with Crippen molar-refractivity contribution in [2.24, 2.45) is 0 Å². The standard InChI is InChI=1S/C10H12FN3O/c1-15-6-5-14-8-4-2-3-7(11)9(8)13-10(14)12/h2-4H,5-6H2,1H3,(H2,12,13). The smallest absolute Gasteiger partial charge is 0.201 e. The summed E-state index contributed by atoms with van der Waals surface area (Å²) in [7, 11) is 1.61. The fourth-order valence-electron chi connectivity index (χ4n) is 1.55. The summed E-state index contributed by atoms with van der Waals surface area (Å²) in [6.45, 7) is 1.09. The Labute approximate surface area is 86.5 Å². The first-order valence-corrected chi connectivity index (χ1v) is 4.63. The lowest BCUT2D eigenvalue weighted by atomic mass is 10.3. The highest BCUT2D eigenvalue weighted by Crippen LogP contribution is 2.19. The van der Waals surface area contributed by atoms with E-state index in [1.807, 2.05) is 0 Å². The van der Waals surface area contributed by atoms with Crippen LogP contribution in [0.15, 0.2) is 18.2 Å². The molecule has 15 heavy (non-hydrogen) atoms. The van der Waals surface area contributed by atoms with Crippen LogP contribution in [-0.2, 0) is 11.3 Å². The van der Waals surface area contributed by atoms with E-state index in [2.05, 4.69) is 4.98 Å². The van der Waals surface area contributed by atoms with Crippen LogP contribution in [0.25, 0.3) is 11.0 Å². The van der Waals surface area contributed by atoms with Crippen LogP contribution in [0.5, 0.6) is 0 Å². The Hall–Kier alpha value is -1.62. The van der Waals surface area contributed by atoms with Crippen molar-refractivity contribution < 1.29 is 9.13 Å². The Morgan fingerprint density at radius 1 is 1.53 bits per heavy atom. The molecule has 0 saturated carbocycles. The minimum absolute atomic E-state index is 0.311. The Balaban J connectivity index is 2.53. The van der Waals surface area contributed by atoms with Crippen LogP contribution in [0.3, 0.4) is 0 Å². The lowest BCUT2D eigenvalue weighted by molar-refractivity contribution is 0.189. The summed E-state index contributed by atoms with van der Waals surface area (Å²) in [5.74, 6) is -0.0393. The maximum atomic E-state index is 13.3. The number of ether oxygens (including phenoxy) is 1. The highest BCUT2D eigenvalue weighted by atomic mass is 19.1. The minimum atomic E-state index is -0.352. The molecule has 0 saturated heterocycles. The molecule has 1 heterocycles. The molecule has 0 aliphatic heterocycles. The van der Waals surface area contributed by atoms with Gasteiger partial charge in [0.05, 0.1) is 12.1 Å². The molecule has 0 bridgehead atoms. The van der Waals surface area contributed by atoms with Gasteiger partial charge in [-0.25, -0.2) is 9.37 Å². The van der Waals surface area contributed by atoms with Gasteiger partial charge in [-0.15, -0.1) is 0 Å². The van der Waals surface area contributed by atoms with E-state index < -0.39 is 0 Å². The molecule has 2 rings (SSSR count). The number of methoxy groups -OCH3 is 1. The summed E-state index contributed by atoms with van der Waals surface area (Å²) in [6.07, 6.45) is 0. The van der Waals surface area contributed by atoms with Crippen molar-refractivity contribution in [3.05, 3.63) is 24.0 Å². The third-order valence-corrected chi connectivity index (χ3v) is 2.28. The van der Waals surface area contributed by atoms with Crippen molar-refractivity contribution in [2.45, 2.75) is 6.54 Å². The zero-order valence-corrected chi connectivity index (χ0v) is 8.40. The van der Waals surface area contributed by atoms with Gasteiger partial charge in [0.25, 0.3) is 0 Å². The van der Waals surface area contributed by atoms with Crippen molar-refractivity contribution in [1.82, 2.24) is 9.55 Å². The number of hydrogen-bond acceptors (Lipinski definition) is 3. The second kappa shape index (κ2) is 3.86. The number of rotatable bonds is 3. The van der Waals surface area contributed by atoms with Crippen molar-refractivity contribution in [3.8, 4) is 0 Å². The number of nitrogens with zero attached hydrogens (tertiary/aromatic N) is 2. The van der Waals surface area contributed by atoms with Gasteiger partial charge in [-0.05, 0) is 12.1 Å². The zero-order chi connectivity index (χ0) is 10.8. The van der Waals surface area contributed by atoms with E-state index in [0.717, 1.165) is 0 Å². The first kappa shape index (κ1) is 9.92. The molecule has 2 N–H and O–H groups in total. The van der Waals surface area contributed by atoms with Gasteiger partial charge in [-0.3, -0.25) is 0 Å². The second-order valence-electron chi connectivity index (χ2n) is 3.22. The number of hydrogen-bond donors (Lipinski definition) is 1. The zero-order valence-electron chi connectivity index (χ0n) is 8.40. The third kappa shape index (κ3) is 1.66. The van der Waals surface area contributed by atoms with E-state index in [1.165, 1.54) is 6.07 Å². The number of nitrogen functional groups attached to an aromatic ring is 1. The number of nitrogens with two attached hydrogens (primary N) is 1. The molecule has 0 amide bonds. The molecule has 0 aliphatic rings. The topological polar surface area (TPSA) is 53.1 Å². The molecule has 4 nitrogen and oxygen atoms in total. The van der Waals surface area contributed by atoms with Crippen LogP contribution >= 0.6 is 0 Å². The molecule has 80 valence electrons. The molecule has 1 aromatic heterocycles. The third-order valence-electron chi connectivity index (χ3n) is 2.28. The van der Waals surface area contributed by atoms with Gasteiger partial charge in [0.2, 0.25) is 5.95 Å². The molecular weight excluding hydrogens is 197 g/mol. The van der Waals surface area contributed by atoms with Gasteiger partial charge < -0.3 is 15.0 Å². The van der Waals surface area contributed by atoms with E-state index in [-0.39, 0.29) is 5.82 Å². The molecule has 5 heteroatoms. The van der Waals surface area contributed by atoms with Gasteiger partial charge in [0, 0.05) is 13.7 Å². The van der Waals surface area contributed by atoms with Crippen molar-refractivity contribution in [2.75, 3.05) is 19.5 Å². The molecule has 2 aromatic rings. The Morgan fingerprint density at radius 2 is 2.33 bits per heavy atom. The van der Waals surface area contributed by atoms with E-state index in [0.29, 0.717) is 30.1 Å². The van der Waals surface area contributed by atoms with Crippen LogP contribution in [0, 0.1) is 5.82 Å². The molecule has 0 aliphatic carbocycles. The van der Waals surface area contributed by atoms with Gasteiger partial charge in [-0.1, -0.05) is 6.07 Å². The van der Waals surface area contributed by atoms with E-state index in [1.54, 1.807) is 23.8 Å². The molecule has 0 radical (unpaired) electrons. The number of imidazole rings is 1. The highest BCUT2D eigenvalue weighted by molar-refractivity contribution is 5.78. The van der Waals surface area contributed by atoms with Crippen LogP contribution in [0.2, 0.25) is 0 Å². The largest absolute Gasteiger partial charge is 0.383 e. The van der Waals surface area contributed by atoms with Gasteiger partial charge in [0.15, 0.2) is 5.82 Å². The fraction of sp³-hybridized carbons (Fsp3) is 0.300. The summed E-state index contributed by atoms with van der Waals surface area (Å²) >= 11 is 0. The van der Waals surface area contributed by atoms with Crippen LogP contribution in [0.4, 0.5) is 10.3 Å². The average Bonchev–Trinajstić information content (AvgIpc) is 2.54. The summed E-state index contributed by atoms with van der Waals surface area (Å²) in [5, 5.41) is 0. The van der Waals surface area contributed by atoms with Gasteiger partial charge in [-0.2, -0.15) is 0 Å². The van der Waals surface area contributed by atoms with Crippen LogP contribution in [0.1, 0.15) is 0 Å². The van der Waals surface area contributed by atoms with Crippen molar-refractivity contribution in [1.29, 1.82) is 0 Å². The predicted octanol–water partition coefficient (Wildman–Crippen LogP) is 1.40. The summed E-state index contributed by atoms with van der Waals surface area (Å²) in [6, 6.07) is 4.80. The van der Waals surface area contributed by atoms with Crippen molar-refractivity contribution >= 4 is 17.0 Å². The quantitative estimate of drug-likeness (QED) is 0.831. The highest BCUT2D eigenvalue weighted by Gasteiger charge is 2.10. The number of anilines is 1. The second-order valence-corrected chi connectivity index (χ2v) is 3.22. The number of para-hydroxylation sites is 1. The first-order valence-electron chi connectivity index (χ1n) is 4.63. The maximum absolute atomic E-state index is 13.3. The number of fused-ring (bicyclic) bond motifs is 1. The Bertz CT molecular complexity index is 481. The number of halogens is 1. The van der Waals surface area contributed by atoms with E-state index >= 15 is 0 Å². The Morgan fingerprint density at radius 3 is 3.07 bits per heavy atom. The number of aromatic nitrogens is 2. The lowest BCUT2D eigenvalue weighted by Gasteiger charge is -2.04. The summed E-state index contributed by atoms with van der Waals surface area (Å²) in [4.78, 5) is 3.98. The average molecular weight is 209 g/mol. The van der Waals surface area contributed by atoms with Crippen molar-refractivity contribution in [3.63, 3.8) is 0 Å². The minimum Gasteiger partial charge on any atom is -0.383 e. The lowest BCUT2D eigenvalue weighted by Crippen LogP contribution is -2.07. The van der Waals surface area contributed by atoms with Crippen LogP contribution < -0.4 is 5.73 Å². The predicted molar refractivity (Wildman–Crippen MR) is 56.0 cm³/mol. The Kier molecular flexibility index (Phi) is 2.55. The van der Waals surface area contributed by atoms with Crippen LogP contribution in [-0.4, -0.2) is 23.3 Å². The van der Waals surface area contributed by atoms with Gasteiger partial charge >= 0.3 is 0 Å². The SMILES string of the molecule is COCCn1c(N)nc2c(F)cccc21. The molecule has 0 atom stereocenters. The molecule has 0 unspecified atom stereocenters. The monoisotopic (exact) mass is 209 g/mol. The first-order chi connectivity index (χ1) is 7.24. The summed E-state index contributed by atoms with van der Waals surface area (Å²) < 4.78 is 20.0. The molecule has 0 fully saturated rings. The molecular formula is C10H12FN3O. The molecule has 0 spiro atoms. The van der Waals surface area contributed by atoms with E-state index in [9.17, 15) is 4.39 Å². The van der Waals surface area contributed by atoms with E-state index in [4.69, 9.17) is 10.5 Å².